The molecule has 0 aromatic heterocycles. The zero-order valence-corrected chi connectivity index (χ0v) is 11.2. The van der Waals surface area contributed by atoms with Crippen LogP contribution >= 0.6 is 0 Å². The predicted molar refractivity (Wildman–Crippen MR) is 65.7 cm³/mol. The fraction of sp³-hybridized carbons (Fsp3) is 0.889. The highest BCUT2D eigenvalue weighted by Gasteiger charge is 2.46. The maximum atomic E-state index is 11.8. The molecule has 0 bridgehead atoms. The smallest absolute Gasteiger partial charge is 0.327 e. The van der Waals surface area contributed by atoms with Crippen molar-refractivity contribution in [1.82, 2.24) is 9.03 Å². The minimum absolute atomic E-state index is 0.0776. The normalized spacial score (nSPS) is 25.3. The molecule has 0 aromatic rings. The number of ether oxygens (including phenoxy) is 1. The van der Waals surface area contributed by atoms with Crippen molar-refractivity contribution in [2.75, 3.05) is 32.8 Å². The van der Waals surface area contributed by atoms with Gasteiger partial charge in [0.15, 0.2) is 0 Å². The van der Waals surface area contributed by atoms with Gasteiger partial charge in [-0.1, -0.05) is 0 Å². The summed E-state index contributed by atoms with van der Waals surface area (Å²) in [7, 11) is -3.63. The van der Waals surface area contributed by atoms with Gasteiger partial charge in [-0.05, 0) is 13.3 Å². The summed E-state index contributed by atoms with van der Waals surface area (Å²) in [5.41, 5.74) is 9.85. The van der Waals surface area contributed by atoms with Crippen molar-refractivity contribution in [1.29, 1.82) is 0 Å². The standard InChI is InChI=1S/C9H20N4O4S/c1-2-17-8(14)9(11)3-6-13(7-9)18(15,16)12-5-4-10/h12H,2-7,10-11H2,1H3/t9-/m1/s1. The van der Waals surface area contributed by atoms with Crippen LogP contribution in [0.2, 0.25) is 0 Å². The molecular formula is C9H20N4O4S. The van der Waals surface area contributed by atoms with Gasteiger partial charge in [0.25, 0.3) is 10.2 Å². The van der Waals surface area contributed by atoms with Gasteiger partial charge < -0.3 is 16.2 Å². The van der Waals surface area contributed by atoms with Gasteiger partial charge in [0.2, 0.25) is 0 Å². The zero-order valence-electron chi connectivity index (χ0n) is 10.4. The van der Waals surface area contributed by atoms with Gasteiger partial charge in [0, 0.05) is 26.2 Å². The molecule has 8 nitrogen and oxygen atoms in total. The minimum atomic E-state index is -3.63. The molecule has 1 aliphatic rings. The molecule has 0 unspecified atom stereocenters. The Kier molecular flexibility index (Phi) is 5.05. The highest BCUT2D eigenvalue weighted by Crippen LogP contribution is 2.22. The third kappa shape index (κ3) is 3.39. The monoisotopic (exact) mass is 280 g/mol. The van der Waals surface area contributed by atoms with E-state index in [-0.39, 0.29) is 39.2 Å². The third-order valence-electron chi connectivity index (χ3n) is 2.72. The topological polar surface area (TPSA) is 128 Å². The summed E-state index contributed by atoms with van der Waals surface area (Å²) in [5, 5.41) is 0. The van der Waals surface area contributed by atoms with E-state index >= 15 is 0 Å². The summed E-state index contributed by atoms with van der Waals surface area (Å²) < 4.78 is 31.9. The van der Waals surface area contributed by atoms with Crippen molar-refractivity contribution in [3.8, 4) is 0 Å². The van der Waals surface area contributed by atoms with Crippen LogP contribution in [0.15, 0.2) is 0 Å². The van der Waals surface area contributed by atoms with Gasteiger partial charge in [-0.3, -0.25) is 4.79 Å². The Morgan fingerprint density at radius 1 is 1.56 bits per heavy atom. The van der Waals surface area contributed by atoms with E-state index in [1.54, 1.807) is 6.92 Å². The highest BCUT2D eigenvalue weighted by atomic mass is 32.2. The number of carbonyl (C=O) groups excluding carboxylic acids is 1. The highest BCUT2D eigenvalue weighted by molar-refractivity contribution is 7.87. The summed E-state index contributed by atoms with van der Waals surface area (Å²) in [4.78, 5) is 11.6. The molecule has 0 aliphatic carbocycles. The molecule has 0 amide bonds. The van der Waals surface area contributed by atoms with Crippen LogP contribution in [0.5, 0.6) is 0 Å². The Bertz CT molecular complexity index is 399. The van der Waals surface area contributed by atoms with Crippen LogP contribution in [-0.2, 0) is 19.7 Å². The Labute approximate surface area is 107 Å². The Morgan fingerprint density at radius 2 is 2.22 bits per heavy atom. The number of esters is 1. The molecule has 1 rings (SSSR count). The number of nitrogens with two attached hydrogens (primary N) is 2. The van der Waals surface area contributed by atoms with E-state index in [2.05, 4.69) is 4.72 Å². The van der Waals surface area contributed by atoms with Gasteiger partial charge in [0.1, 0.15) is 5.54 Å². The first-order valence-electron chi connectivity index (χ1n) is 5.76. The lowest BCUT2D eigenvalue weighted by molar-refractivity contribution is -0.148. The van der Waals surface area contributed by atoms with Crippen molar-refractivity contribution in [3.05, 3.63) is 0 Å². The Balaban J connectivity index is 2.68. The summed E-state index contributed by atoms with van der Waals surface area (Å²) in [6.07, 6.45) is 0.245. The first kappa shape index (κ1) is 15.3. The quantitative estimate of drug-likeness (QED) is 0.471. The van der Waals surface area contributed by atoms with E-state index in [1.165, 1.54) is 0 Å². The first-order valence-corrected chi connectivity index (χ1v) is 7.20. The van der Waals surface area contributed by atoms with E-state index in [0.717, 1.165) is 4.31 Å². The van der Waals surface area contributed by atoms with Crippen molar-refractivity contribution in [2.24, 2.45) is 11.5 Å². The van der Waals surface area contributed by atoms with E-state index in [4.69, 9.17) is 16.2 Å². The van der Waals surface area contributed by atoms with Gasteiger partial charge in [-0.25, -0.2) is 4.72 Å². The molecule has 0 aromatic carbocycles. The summed E-state index contributed by atoms with van der Waals surface area (Å²) in [6, 6.07) is 0. The van der Waals surface area contributed by atoms with Crippen LogP contribution in [0.1, 0.15) is 13.3 Å². The third-order valence-corrected chi connectivity index (χ3v) is 4.28. The minimum Gasteiger partial charge on any atom is -0.465 e. The van der Waals surface area contributed by atoms with Gasteiger partial charge in [0.05, 0.1) is 6.61 Å². The molecule has 9 heteroatoms. The molecule has 1 heterocycles. The molecule has 1 aliphatic heterocycles. The van der Waals surface area contributed by atoms with E-state index in [0.29, 0.717) is 0 Å². The summed E-state index contributed by atoms with van der Waals surface area (Å²) in [6.45, 7) is 2.36. The van der Waals surface area contributed by atoms with Crippen LogP contribution in [0, 0.1) is 0 Å². The number of rotatable bonds is 6. The lowest BCUT2D eigenvalue weighted by atomic mass is 10.0. The number of hydrogen-bond donors (Lipinski definition) is 3. The molecule has 1 fully saturated rings. The molecule has 1 saturated heterocycles. The second-order valence-corrected chi connectivity index (χ2v) is 5.90. The zero-order chi connectivity index (χ0) is 13.8. The molecule has 1 atom stereocenters. The van der Waals surface area contributed by atoms with Crippen molar-refractivity contribution in [3.63, 3.8) is 0 Å². The van der Waals surface area contributed by atoms with Gasteiger partial charge >= 0.3 is 5.97 Å². The van der Waals surface area contributed by atoms with Crippen LogP contribution < -0.4 is 16.2 Å². The molecule has 5 N–H and O–H groups in total. The fourth-order valence-electron chi connectivity index (χ4n) is 1.72. The second-order valence-electron chi connectivity index (χ2n) is 4.15. The Morgan fingerprint density at radius 3 is 2.78 bits per heavy atom. The fourth-order valence-corrected chi connectivity index (χ4v) is 3.01. The average molecular weight is 280 g/mol. The molecule has 0 spiro atoms. The Hall–Kier alpha value is -0.740. The molecule has 18 heavy (non-hydrogen) atoms. The summed E-state index contributed by atoms with van der Waals surface area (Å²) in [5.74, 6) is -0.568. The van der Waals surface area contributed by atoms with Gasteiger partial charge in [-0.2, -0.15) is 12.7 Å². The number of hydrogen-bond acceptors (Lipinski definition) is 6. The largest absolute Gasteiger partial charge is 0.465 e. The SMILES string of the molecule is CCOC(=O)[C@@]1(N)CCN(S(=O)(=O)NCCN)C1. The first-order chi connectivity index (χ1) is 8.35. The maximum absolute atomic E-state index is 11.8. The van der Waals surface area contributed by atoms with Crippen LogP contribution in [0.25, 0.3) is 0 Å². The van der Waals surface area contributed by atoms with E-state index in [1.807, 2.05) is 0 Å². The van der Waals surface area contributed by atoms with Crippen LogP contribution in [0.4, 0.5) is 0 Å². The average Bonchev–Trinajstić information content (AvgIpc) is 2.72. The van der Waals surface area contributed by atoms with Crippen LogP contribution in [-0.4, -0.2) is 57.0 Å². The maximum Gasteiger partial charge on any atom is 0.327 e. The van der Waals surface area contributed by atoms with E-state index in [9.17, 15) is 13.2 Å². The molecule has 0 radical (unpaired) electrons. The van der Waals surface area contributed by atoms with Gasteiger partial charge in [-0.15, -0.1) is 0 Å². The molecule has 0 saturated carbocycles. The van der Waals surface area contributed by atoms with Crippen LogP contribution in [0.3, 0.4) is 0 Å². The van der Waals surface area contributed by atoms with Crippen molar-refractivity contribution < 1.29 is 17.9 Å². The second kappa shape index (κ2) is 5.93. The number of nitrogens with zero attached hydrogens (tertiary/aromatic N) is 1. The summed E-state index contributed by atoms with van der Waals surface area (Å²) >= 11 is 0. The predicted octanol–water partition coefficient (Wildman–Crippen LogP) is -2.25. The van der Waals surface area contributed by atoms with Crippen molar-refractivity contribution in [2.45, 2.75) is 18.9 Å². The number of nitrogens with one attached hydrogen (secondary N) is 1. The van der Waals surface area contributed by atoms with E-state index < -0.39 is 21.7 Å². The van der Waals surface area contributed by atoms with Crippen molar-refractivity contribution >= 4 is 16.2 Å². The lowest BCUT2D eigenvalue weighted by Crippen LogP contribution is -2.52. The molecular weight excluding hydrogens is 260 g/mol. The lowest BCUT2D eigenvalue weighted by Gasteiger charge is -2.22. The molecule has 106 valence electrons. The number of carbonyl (C=O) groups is 1.